The summed E-state index contributed by atoms with van der Waals surface area (Å²) in [6, 6.07) is 0. The fraction of sp³-hybridized carbons (Fsp3) is 0.865. The number of unbranched alkanes of at least 4 members (excludes halogenated alkanes) is 27. The zero-order valence-electron chi connectivity index (χ0n) is 41.0. The van der Waals surface area contributed by atoms with Crippen LogP contribution in [0.5, 0.6) is 0 Å². The van der Waals surface area contributed by atoms with Gasteiger partial charge in [-0.1, -0.05) is 204 Å². The largest absolute Gasteiger partial charge is 0.472 e. The van der Waals surface area contributed by atoms with Gasteiger partial charge in [-0.3, -0.25) is 13.8 Å². The Morgan fingerprint density at radius 2 is 0.862 bits per heavy atom. The van der Waals surface area contributed by atoms with Gasteiger partial charge < -0.3 is 39.9 Å². The minimum absolute atomic E-state index is 0.0778. The molecule has 0 radical (unpaired) electrons. The lowest BCUT2D eigenvalue weighted by Crippen LogP contribution is -2.64. The van der Waals surface area contributed by atoms with Crippen LogP contribution in [0.2, 0.25) is 0 Å². The second-order valence-electron chi connectivity index (χ2n) is 18.4. The number of hydrogen-bond acceptors (Lipinski definition) is 11. The van der Waals surface area contributed by atoms with E-state index in [9.17, 15) is 39.8 Å². The maximum Gasteiger partial charge on any atom is 0.472 e. The van der Waals surface area contributed by atoms with Gasteiger partial charge in [0.25, 0.3) is 0 Å². The number of carbonyl (C=O) groups is 1. The van der Waals surface area contributed by atoms with Crippen molar-refractivity contribution in [1.82, 2.24) is 0 Å². The number of rotatable bonds is 45. The van der Waals surface area contributed by atoms with Gasteiger partial charge in [0, 0.05) is 13.0 Å². The average Bonchev–Trinajstić information content (AvgIpc) is 3.29. The van der Waals surface area contributed by atoms with Crippen LogP contribution in [0, 0.1) is 0 Å². The van der Waals surface area contributed by atoms with E-state index in [0.29, 0.717) is 13.0 Å². The maximum absolute atomic E-state index is 12.8. The number of allylic oxidation sites excluding steroid dienone is 6. The number of aliphatic hydroxyl groups is 5. The van der Waals surface area contributed by atoms with Crippen molar-refractivity contribution in [2.24, 2.45) is 0 Å². The summed E-state index contributed by atoms with van der Waals surface area (Å²) in [6.45, 7) is 4.26. The topological polar surface area (TPSA) is 192 Å². The van der Waals surface area contributed by atoms with Crippen molar-refractivity contribution in [3.8, 4) is 0 Å². The summed E-state index contributed by atoms with van der Waals surface area (Å²) in [4.78, 5) is 23.2. The van der Waals surface area contributed by atoms with Crippen LogP contribution < -0.4 is 0 Å². The van der Waals surface area contributed by atoms with Crippen LogP contribution in [-0.2, 0) is 27.9 Å². The van der Waals surface area contributed by atoms with Crippen LogP contribution in [-0.4, -0.2) is 98.9 Å². The molecule has 65 heavy (non-hydrogen) atoms. The molecule has 1 rings (SSSR count). The van der Waals surface area contributed by atoms with Gasteiger partial charge in [-0.2, -0.15) is 0 Å². The summed E-state index contributed by atoms with van der Waals surface area (Å²) in [7, 11) is -5.02. The van der Waals surface area contributed by atoms with Crippen molar-refractivity contribution in [2.75, 3.05) is 19.8 Å². The third-order valence-corrected chi connectivity index (χ3v) is 13.3. The first-order chi connectivity index (χ1) is 31.5. The first kappa shape index (κ1) is 61.6. The van der Waals surface area contributed by atoms with Crippen molar-refractivity contribution in [1.29, 1.82) is 0 Å². The highest BCUT2D eigenvalue weighted by atomic mass is 31.2. The number of ether oxygens (including phenoxy) is 2. The Kier molecular flexibility index (Phi) is 40.4. The Labute approximate surface area is 395 Å². The van der Waals surface area contributed by atoms with Gasteiger partial charge >= 0.3 is 13.8 Å². The van der Waals surface area contributed by atoms with Gasteiger partial charge in [0.05, 0.1) is 13.2 Å². The van der Waals surface area contributed by atoms with Gasteiger partial charge in [-0.15, -0.1) is 0 Å². The van der Waals surface area contributed by atoms with E-state index >= 15 is 0 Å². The van der Waals surface area contributed by atoms with E-state index in [0.717, 1.165) is 64.2 Å². The van der Waals surface area contributed by atoms with Crippen LogP contribution >= 0.6 is 7.82 Å². The summed E-state index contributed by atoms with van der Waals surface area (Å²) in [5, 5.41) is 50.3. The van der Waals surface area contributed by atoms with E-state index in [1.165, 1.54) is 135 Å². The van der Waals surface area contributed by atoms with Crippen LogP contribution in [0.3, 0.4) is 0 Å². The molecular weight excluding hydrogens is 848 g/mol. The smallest absolute Gasteiger partial charge is 0.457 e. The molecule has 6 atom stereocenters. The number of phosphoric ester groups is 1. The molecule has 13 heteroatoms. The monoisotopic (exact) mass is 945 g/mol. The van der Waals surface area contributed by atoms with Crippen molar-refractivity contribution in [2.45, 2.75) is 268 Å². The molecular formula is C52H97O12P. The minimum Gasteiger partial charge on any atom is -0.457 e. The Bertz CT molecular complexity index is 1210. The molecule has 12 nitrogen and oxygen atoms in total. The third kappa shape index (κ3) is 34.5. The molecule has 0 aliphatic heterocycles. The number of phosphoric acid groups is 1. The zero-order valence-corrected chi connectivity index (χ0v) is 41.9. The molecule has 0 heterocycles. The van der Waals surface area contributed by atoms with E-state index in [1.54, 1.807) is 0 Å². The molecule has 0 aromatic carbocycles. The standard InChI is InChI=1S/C52H97O12P/c1-3-5-7-9-11-13-15-17-19-20-21-22-23-24-25-26-27-28-30-32-34-36-38-40-42-61-43-45(44-62-65(59,60)64-52-50(57)48(55)47(54)49(56)51(52)58)63-46(53)41-39-37-35-33-31-29-18-16-14-12-10-8-6-4-2/h15,17,20-21,23-24,45,47-52,54-58H,3-14,16,18-19,22,25-44H2,1-2H3,(H,59,60)/b17-15-,21-20-,24-23-. The molecule has 0 saturated heterocycles. The fourth-order valence-electron chi connectivity index (χ4n) is 8.07. The number of hydrogen-bond donors (Lipinski definition) is 6. The molecule has 1 saturated carbocycles. The Morgan fingerprint density at radius 3 is 1.31 bits per heavy atom. The number of aliphatic hydroxyl groups excluding tert-OH is 5. The third-order valence-electron chi connectivity index (χ3n) is 12.3. The zero-order chi connectivity index (χ0) is 47.6. The second-order valence-corrected chi connectivity index (χ2v) is 19.8. The van der Waals surface area contributed by atoms with Gasteiger partial charge in [0.1, 0.15) is 42.7 Å². The number of carbonyl (C=O) groups excluding carboxylic acids is 1. The molecule has 1 aliphatic rings. The summed E-state index contributed by atoms with van der Waals surface area (Å²) < 4.78 is 34.3. The number of esters is 1. The molecule has 0 aromatic rings. The summed E-state index contributed by atoms with van der Waals surface area (Å²) in [6.07, 6.45) is 39.2. The van der Waals surface area contributed by atoms with Gasteiger partial charge in [-0.25, -0.2) is 4.57 Å². The highest BCUT2D eigenvalue weighted by molar-refractivity contribution is 7.47. The molecule has 0 amide bonds. The fourth-order valence-corrected chi connectivity index (χ4v) is 9.04. The van der Waals surface area contributed by atoms with Crippen molar-refractivity contribution < 1.29 is 58.3 Å². The first-order valence-corrected chi connectivity index (χ1v) is 27.8. The minimum atomic E-state index is -5.02. The SMILES string of the molecule is CCCCCCC/C=C\C/C=C\C/C=C\CCCCCCCCCCCOCC(COP(=O)(O)OC1C(O)C(O)C(O)C(O)C1O)OC(=O)CCCCCCCCCCCCCCCC. The van der Waals surface area contributed by atoms with Gasteiger partial charge in [0.2, 0.25) is 0 Å². The van der Waals surface area contributed by atoms with E-state index < -0.39 is 63.1 Å². The van der Waals surface area contributed by atoms with E-state index in [2.05, 4.69) is 50.3 Å². The summed E-state index contributed by atoms with van der Waals surface area (Å²) in [5.41, 5.74) is 0. The molecule has 6 N–H and O–H groups in total. The maximum atomic E-state index is 12.8. The van der Waals surface area contributed by atoms with Crippen molar-refractivity contribution >= 4 is 13.8 Å². The molecule has 1 fully saturated rings. The molecule has 0 bridgehead atoms. The predicted molar refractivity (Wildman–Crippen MR) is 263 cm³/mol. The quantitative estimate of drug-likeness (QED) is 0.0147. The van der Waals surface area contributed by atoms with Crippen LogP contribution in [0.4, 0.5) is 0 Å². The Hall–Kier alpha value is -1.44. The molecule has 0 spiro atoms. The lowest BCUT2D eigenvalue weighted by atomic mass is 9.85. The van der Waals surface area contributed by atoms with E-state index in [-0.39, 0.29) is 13.0 Å². The highest BCUT2D eigenvalue weighted by Gasteiger charge is 2.51. The van der Waals surface area contributed by atoms with Crippen LogP contribution in [0.1, 0.15) is 226 Å². The Balaban J connectivity index is 2.30. The van der Waals surface area contributed by atoms with Gasteiger partial charge in [-0.05, 0) is 51.4 Å². The van der Waals surface area contributed by atoms with Crippen molar-refractivity contribution in [3.63, 3.8) is 0 Å². The van der Waals surface area contributed by atoms with E-state index in [1.807, 2.05) is 0 Å². The van der Waals surface area contributed by atoms with Crippen molar-refractivity contribution in [3.05, 3.63) is 36.5 Å². The molecule has 6 unspecified atom stereocenters. The summed E-state index contributed by atoms with van der Waals surface area (Å²) in [5.74, 6) is -0.477. The lowest BCUT2D eigenvalue weighted by molar-refractivity contribution is -0.220. The summed E-state index contributed by atoms with van der Waals surface area (Å²) >= 11 is 0. The van der Waals surface area contributed by atoms with Crippen LogP contribution in [0.15, 0.2) is 36.5 Å². The molecule has 0 aromatic heterocycles. The first-order valence-electron chi connectivity index (χ1n) is 26.3. The molecule has 1 aliphatic carbocycles. The van der Waals surface area contributed by atoms with Gasteiger partial charge in [0.15, 0.2) is 0 Å². The van der Waals surface area contributed by atoms with Crippen LogP contribution in [0.25, 0.3) is 0 Å². The molecule has 382 valence electrons. The Morgan fingerprint density at radius 1 is 0.492 bits per heavy atom. The predicted octanol–water partition coefficient (Wildman–Crippen LogP) is 11.8. The van der Waals surface area contributed by atoms with E-state index in [4.69, 9.17) is 18.5 Å². The highest BCUT2D eigenvalue weighted by Crippen LogP contribution is 2.47. The normalized spacial score (nSPS) is 21.8. The average molecular weight is 945 g/mol. The second kappa shape index (κ2) is 42.6. The lowest BCUT2D eigenvalue weighted by Gasteiger charge is -2.41.